The minimum absolute atomic E-state index is 0.0139. The van der Waals surface area contributed by atoms with Crippen molar-refractivity contribution in [2.75, 3.05) is 7.11 Å². The van der Waals surface area contributed by atoms with Crippen LogP contribution in [0.3, 0.4) is 0 Å². The molecule has 1 aromatic heterocycles. The van der Waals surface area contributed by atoms with Crippen LogP contribution in [0.5, 0.6) is 11.5 Å². The number of ketones is 1. The molecule has 3 N–H and O–H groups in total. The summed E-state index contributed by atoms with van der Waals surface area (Å²) in [5, 5.41) is 30.0. The minimum atomic E-state index is -1.65. The molecule has 0 spiro atoms. The number of hydrogen-bond donors (Lipinski definition) is 3. The quantitative estimate of drug-likeness (QED) is 0.536. The first-order valence-corrected chi connectivity index (χ1v) is 9.92. The number of benzene rings is 1. The summed E-state index contributed by atoms with van der Waals surface area (Å²) in [5.74, 6) is -1.48. The van der Waals surface area contributed by atoms with Crippen molar-refractivity contribution >= 4 is 5.78 Å². The van der Waals surface area contributed by atoms with Crippen LogP contribution in [0.1, 0.15) is 29.8 Å². The molecule has 8 nitrogen and oxygen atoms in total. The number of ether oxygens (including phenoxy) is 3. The molecular formula is C24H24FNO7. The van der Waals surface area contributed by atoms with Crippen molar-refractivity contribution < 1.29 is 38.7 Å². The van der Waals surface area contributed by atoms with Crippen LogP contribution in [-0.2, 0) is 16.1 Å². The molecule has 0 saturated carbocycles. The van der Waals surface area contributed by atoms with Crippen molar-refractivity contribution in [3.05, 3.63) is 88.6 Å². The maximum absolute atomic E-state index is 13.5. The molecule has 0 aliphatic carbocycles. The number of carbonyl (C=O) groups excluding carboxylic acids is 1. The number of aryl methyl sites for hydroxylation is 1. The Morgan fingerprint density at radius 2 is 2.03 bits per heavy atom. The van der Waals surface area contributed by atoms with Crippen molar-refractivity contribution in [2.24, 2.45) is 0 Å². The highest BCUT2D eigenvalue weighted by Crippen LogP contribution is 2.38. The lowest BCUT2D eigenvalue weighted by molar-refractivity contribution is -0.133. The molecule has 2 unspecified atom stereocenters. The fourth-order valence-corrected chi connectivity index (χ4v) is 3.31. The monoisotopic (exact) mass is 457 g/mol. The molecule has 2 aromatic rings. The second-order valence-electron chi connectivity index (χ2n) is 7.44. The van der Waals surface area contributed by atoms with Crippen LogP contribution >= 0.6 is 0 Å². The molecule has 2 atom stereocenters. The summed E-state index contributed by atoms with van der Waals surface area (Å²) in [6.45, 7) is 6.32. The molecule has 9 heteroatoms. The van der Waals surface area contributed by atoms with E-state index in [1.165, 1.54) is 20.1 Å². The van der Waals surface area contributed by atoms with E-state index in [9.17, 15) is 24.5 Å². The van der Waals surface area contributed by atoms with Gasteiger partial charge in [-0.15, -0.1) is 0 Å². The zero-order valence-electron chi connectivity index (χ0n) is 18.3. The number of aliphatic hydroxyl groups excluding tert-OH is 3. The average molecular weight is 457 g/mol. The summed E-state index contributed by atoms with van der Waals surface area (Å²) >= 11 is 0. The SMILES string of the molecule is C=C(O)C1=C(/C=C(\C)O)OC(c2ccc(OC)c(OCc3cc(C)c(F)cn3)c2)C(O)C1=O. The minimum Gasteiger partial charge on any atom is -0.512 e. The van der Waals surface area contributed by atoms with E-state index in [4.69, 9.17) is 14.2 Å². The van der Waals surface area contributed by atoms with Gasteiger partial charge in [-0.05, 0) is 43.2 Å². The van der Waals surface area contributed by atoms with E-state index in [2.05, 4.69) is 11.6 Å². The van der Waals surface area contributed by atoms with Gasteiger partial charge < -0.3 is 29.5 Å². The fourth-order valence-electron chi connectivity index (χ4n) is 3.31. The van der Waals surface area contributed by atoms with E-state index in [1.807, 2.05) is 0 Å². The lowest BCUT2D eigenvalue weighted by atomic mass is 9.92. The van der Waals surface area contributed by atoms with E-state index < -0.39 is 29.6 Å². The molecule has 0 fully saturated rings. The Balaban J connectivity index is 1.94. The van der Waals surface area contributed by atoms with Gasteiger partial charge in [0.25, 0.3) is 0 Å². The largest absolute Gasteiger partial charge is 0.512 e. The second-order valence-corrected chi connectivity index (χ2v) is 7.44. The molecule has 0 radical (unpaired) electrons. The Kier molecular flexibility index (Phi) is 7.03. The number of nitrogens with zero attached hydrogens (tertiary/aromatic N) is 1. The Bertz CT molecular complexity index is 1150. The molecule has 0 bridgehead atoms. The van der Waals surface area contributed by atoms with Crippen molar-refractivity contribution in [1.82, 2.24) is 4.98 Å². The molecule has 174 valence electrons. The highest BCUT2D eigenvalue weighted by atomic mass is 19.1. The second kappa shape index (κ2) is 9.74. The van der Waals surface area contributed by atoms with Crippen LogP contribution < -0.4 is 9.47 Å². The van der Waals surface area contributed by atoms with E-state index in [0.29, 0.717) is 22.6 Å². The molecule has 33 heavy (non-hydrogen) atoms. The van der Waals surface area contributed by atoms with E-state index in [1.54, 1.807) is 25.1 Å². The number of aliphatic hydroxyl groups is 3. The number of methoxy groups -OCH3 is 1. The number of pyridine rings is 1. The smallest absolute Gasteiger partial charge is 0.202 e. The maximum atomic E-state index is 13.5. The van der Waals surface area contributed by atoms with Crippen LogP contribution in [0.2, 0.25) is 0 Å². The summed E-state index contributed by atoms with van der Waals surface area (Å²) in [4.78, 5) is 16.7. The third-order valence-electron chi connectivity index (χ3n) is 4.93. The zero-order valence-corrected chi connectivity index (χ0v) is 18.3. The number of allylic oxidation sites excluding steroid dienone is 3. The van der Waals surface area contributed by atoms with Crippen LogP contribution in [0, 0.1) is 12.7 Å². The molecule has 1 aromatic carbocycles. The van der Waals surface area contributed by atoms with Gasteiger partial charge in [-0.25, -0.2) is 4.39 Å². The molecule has 0 amide bonds. The Morgan fingerprint density at radius 1 is 1.30 bits per heavy atom. The molecule has 2 heterocycles. The van der Waals surface area contributed by atoms with Crippen LogP contribution in [0.25, 0.3) is 0 Å². The van der Waals surface area contributed by atoms with Crippen LogP contribution in [0.4, 0.5) is 4.39 Å². The molecule has 1 aliphatic rings. The zero-order chi connectivity index (χ0) is 24.3. The Labute approximate surface area is 189 Å². The first-order valence-electron chi connectivity index (χ1n) is 9.92. The van der Waals surface area contributed by atoms with Gasteiger partial charge in [-0.1, -0.05) is 12.6 Å². The number of carbonyl (C=O) groups is 1. The molecular weight excluding hydrogens is 433 g/mol. The first kappa shape index (κ1) is 23.8. The van der Waals surface area contributed by atoms with Crippen molar-refractivity contribution in [1.29, 1.82) is 0 Å². The number of halogens is 1. The lowest BCUT2D eigenvalue weighted by Crippen LogP contribution is -2.36. The summed E-state index contributed by atoms with van der Waals surface area (Å²) < 4.78 is 30.3. The predicted octanol–water partition coefficient (Wildman–Crippen LogP) is 3.91. The standard InChI is InChI=1S/C24H24FNO7/c1-12-7-16(26-10-17(12)25)11-32-19-9-15(5-6-18(19)31-4)24-23(30)22(29)21(14(3)28)20(33-24)8-13(2)27/h5-10,23-24,27-28,30H,3,11H2,1-2,4H3/b13-8+. The summed E-state index contributed by atoms with van der Waals surface area (Å²) in [6, 6.07) is 6.25. The number of rotatable bonds is 7. The normalized spacial score (nSPS) is 18.7. The topological polar surface area (TPSA) is 118 Å². The van der Waals surface area contributed by atoms with Gasteiger partial charge in [0.1, 0.15) is 29.5 Å². The summed E-state index contributed by atoms with van der Waals surface area (Å²) in [7, 11) is 1.45. The summed E-state index contributed by atoms with van der Waals surface area (Å²) in [6.07, 6.45) is -0.554. The van der Waals surface area contributed by atoms with Crippen molar-refractivity contribution in [2.45, 2.75) is 32.7 Å². The lowest BCUT2D eigenvalue weighted by Gasteiger charge is -2.30. The van der Waals surface area contributed by atoms with Gasteiger partial charge in [0, 0.05) is 6.08 Å². The van der Waals surface area contributed by atoms with Crippen molar-refractivity contribution in [3.8, 4) is 11.5 Å². The van der Waals surface area contributed by atoms with E-state index >= 15 is 0 Å². The van der Waals surface area contributed by atoms with E-state index in [-0.39, 0.29) is 29.4 Å². The predicted molar refractivity (Wildman–Crippen MR) is 116 cm³/mol. The van der Waals surface area contributed by atoms with Crippen molar-refractivity contribution in [3.63, 3.8) is 0 Å². The molecule has 1 aliphatic heterocycles. The Hall–Kier alpha value is -3.85. The summed E-state index contributed by atoms with van der Waals surface area (Å²) in [5.41, 5.74) is 0.966. The van der Waals surface area contributed by atoms with E-state index in [0.717, 1.165) is 12.3 Å². The fraction of sp³-hybridized carbons (Fsp3) is 0.250. The van der Waals surface area contributed by atoms with Gasteiger partial charge in [0.05, 0.1) is 24.8 Å². The third-order valence-corrected chi connectivity index (χ3v) is 4.93. The maximum Gasteiger partial charge on any atom is 0.202 e. The van der Waals surface area contributed by atoms with Crippen LogP contribution in [0.15, 0.2) is 66.0 Å². The van der Waals surface area contributed by atoms with Gasteiger partial charge in [-0.2, -0.15) is 0 Å². The average Bonchev–Trinajstić information content (AvgIpc) is 2.76. The number of Topliss-reactive ketones (excluding diaryl/α,β-unsaturated/α-hetero) is 1. The highest BCUT2D eigenvalue weighted by Gasteiger charge is 2.39. The van der Waals surface area contributed by atoms with Gasteiger partial charge in [0.15, 0.2) is 23.7 Å². The van der Waals surface area contributed by atoms with Gasteiger partial charge in [0.2, 0.25) is 5.78 Å². The Morgan fingerprint density at radius 3 is 2.64 bits per heavy atom. The molecule has 0 saturated heterocycles. The van der Waals surface area contributed by atoms with Gasteiger partial charge >= 0.3 is 0 Å². The number of hydrogen-bond acceptors (Lipinski definition) is 8. The highest BCUT2D eigenvalue weighted by molar-refractivity contribution is 6.03. The molecule has 3 rings (SSSR count). The third kappa shape index (κ3) is 5.15. The number of aromatic nitrogens is 1. The first-order chi connectivity index (χ1) is 15.6. The van der Waals surface area contributed by atoms with Gasteiger partial charge in [-0.3, -0.25) is 9.78 Å². The van der Waals surface area contributed by atoms with Crippen LogP contribution in [-0.4, -0.2) is 39.3 Å².